The first-order chi connectivity index (χ1) is 3.50. The fourth-order valence-corrected chi connectivity index (χ4v) is 0.129. The van der Waals surface area contributed by atoms with Gasteiger partial charge in [-0.2, -0.15) is 14.8 Å². The Balaban J connectivity index is 3.97. The molecule has 0 aromatic rings. The van der Waals surface area contributed by atoms with Crippen molar-refractivity contribution >= 4 is 0 Å². The van der Waals surface area contributed by atoms with E-state index in [-0.39, 0.29) is 0 Å². The van der Waals surface area contributed by atoms with Crippen LogP contribution in [-0.4, -0.2) is 5.85 Å². The fraction of sp³-hybridized carbons (Fsp3) is 0.800. The van der Waals surface area contributed by atoms with Crippen molar-refractivity contribution in [2.24, 2.45) is 5.92 Å². The minimum absolute atomic E-state index is 0.771. The minimum Gasteiger partial charge on any atom is -0.192 e. The van der Waals surface area contributed by atoms with Gasteiger partial charge < -0.3 is 0 Å². The molecule has 0 aliphatic heterocycles. The highest BCUT2D eigenvalue weighted by Crippen LogP contribution is 2.16. The summed E-state index contributed by atoms with van der Waals surface area (Å²) in [6, 6.07) is 1.02. The molecule has 0 bridgehead atoms. The predicted molar refractivity (Wildman–Crippen MR) is 25.0 cm³/mol. The first kappa shape index (κ1) is 7.38. The molecule has 3 heteroatoms. The molecule has 8 heavy (non-hydrogen) atoms. The molecule has 0 aromatic carbocycles. The summed E-state index contributed by atoms with van der Waals surface area (Å²) in [5.41, 5.74) is 0. The Morgan fingerprint density at radius 3 is 2.12 bits per heavy atom. The maximum absolute atomic E-state index is 12.0. The highest BCUT2D eigenvalue weighted by atomic mass is 19.2. The lowest BCUT2D eigenvalue weighted by molar-refractivity contribution is -0.125. The molecular weight excluding hydrogens is 109 g/mol. The van der Waals surface area contributed by atoms with E-state index in [1.165, 1.54) is 13.8 Å². The Kier molecular flexibility index (Phi) is 1.94. The molecule has 0 saturated heterocycles. The molecule has 1 atom stereocenters. The molecule has 0 aliphatic carbocycles. The molecule has 0 aliphatic rings. The molecular formula is C5H7FNO. The second-order valence-electron chi connectivity index (χ2n) is 1.91. The number of hydrogen-bond donors (Lipinski definition) is 0. The van der Waals surface area contributed by atoms with E-state index in [0.29, 0.717) is 0 Å². The first-order valence-corrected chi connectivity index (χ1v) is 2.31. The second-order valence-corrected chi connectivity index (χ2v) is 1.91. The zero-order chi connectivity index (χ0) is 6.78. The van der Waals surface area contributed by atoms with Gasteiger partial charge in [0.15, 0.2) is 0 Å². The third-order valence-electron chi connectivity index (χ3n) is 0.895. The van der Waals surface area contributed by atoms with Gasteiger partial charge in [-0.3, -0.25) is 0 Å². The Morgan fingerprint density at radius 2 is 2.12 bits per heavy atom. The van der Waals surface area contributed by atoms with Crippen LogP contribution in [0, 0.1) is 17.2 Å². The molecule has 0 N–H and O–H groups in total. The van der Waals surface area contributed by atoms with Crippen LogP contribution in [0.4, 0.5) is 4.39 Å². The summed E-state index contributed by atoms with van der Waals surface area (Å²) in [6.07, 6.45) is 0. The van der Waals surface area contributed by atoms with Crippen LogP contribution in [0.5, 0.6) is 0 Å². The number of nitrogens with zero attached hydrogens (tertiary/aromatic N) is 1. The normalized spacial score (nSPS) is 17.5. The van der Waals surface area contributed by atoms with E-state index in [4.69, 9.17) is 5.26 Å². The summed E-state index contributed by atoms with van der Waals surface area (Å²) in [5.74, 6) is -3.67. The van der Waals surface area contributed by atoms with Gasteiger partial charge in [0.1, 0.15) is 6.07 Å². The fourth-order valence-electron chi connectivity index (χ4n) is 0.129. The Hall–Kier alpha value is -0.620. The topological polar surface area (TPSA) is 43.7 Å². The summed E-state index contributed by atoms with van der Waals surface area (Å²) < 4.78 is 12.0. The summed E-state index contributed by atoms with van der Waals surface area (Å²) in [7, 11) is 0. The van der Waals surface area contributed by atoms with Crippen molar-refractivity contribution in [1.82, 2.24) is 0 Å². The van der Waals surface area contributed by atoms with Crippen LogP contribution in [-0.2, 0) is 5.11 Å². The van der Waals surface area contributed by atoms with Crippen LogP contribution < -0.4 is 0 Å². The average Bonchev–Trinajstić information content (AvgIpc) is 1.67. The van der Waals surface area contributed by atoms with E-state index < -0.39 is 11.8 Å². The molecule has 0 fully saturated rings. The van der Waals surface area contributed by atoms with Crippen molar-refractivity contribution < 1.29 is 9.50 Å². The first-order valence-electron chi connectivity index (χ1n) is 2.31. The lowest BCUT2D eigenvalue weighted by Gasteiger charge is -2.09. The van der Waals surface area contributed by atoms with Crippen molar-refractivity contribution in [2.75, 3.05) is 0 Å². The molecule has 0 heterocycles. The Morgan fingerprint density at radius 1 is 1.75 bits per heavy atom. The van der Waals surface area contributed by atoms with Crippen LogP contribution in [0.25, 0.3) is 0 Å². The molecule has 0 saturated carbocycles. The quantitative estimate of drug-likeness (QED) is 0.508. The third-order valence-corrected chi connectivity index (χ3v) is 0.895. The highest BCUT2D eigenvalue weighted by Gasteiger charge is 2.32. The number of hydrogen-bond acceptors (Lipinski definition) is 1. The molecule has 0 rings (SSSR count). The average molecular weight is 116 g/mol. The van der Waals surface area contributed by atoms with Gasteiger partial charge in [-0.25, -0.2) is 0 Å². The summed E-state index contributed by atoms with van der Waals surface area (Å²) in [6.45, 7) is 2.74. The number of halogens is 1. The van der Waals surface area contributed by atoms with Gasteiger partial charge in [0.05, 0.1) is 0 Å². The number of alkyl halides is 1. The van der Waals surface area contributed by atoms with Gasteiger partial charge in [0.25, 0.3) is 0 Å². The zero-order valence-electron chi connectivity index (χ0n) is 4.81. The van der Waals surface area contributed by atoms with Gasteiger partial charge in [-0.05, 0) is 0 Å². The number of nitriles is 1. The van der Waals surface area contributed by atoms with Gasteiger partial charge in [-0.1, -0.05) is 13.8 Å². The van der Waals surface area contributed by atoms with Gasteiger partial charge in [-0.15, -0.1) is 0 Å². The van der Waals surface area contributed by atoms with E-state index in [0.717, 1.165) is 6.07 Å². The lowest BCUT2D eigenvalue weighted by atomic mass is 10.1. The summed E-state index contributed by atoms with van der Waals surface area (Å²) in [5, 5.41) is 18.0. The number of rotatable bonds is 1. The molecule has 2 nitrogen and oxygen atoms in total. The van der Waals surface area contributed by atoms with Gasteiger partial charge >= 0.3 is 5.85 Å². The van der Waals surface area contributed by atoms with Crippen LogP contribution in [0.3, 0.4) is 0 Å². The molecule has 45 valence electrons. The van der Waals surface area contributed by atoms with Crippen molar-refractivity contribution in [3.63, 3.8) is 0 Å². The maximum atomic E-state index is 12.0. The summed E-state index contributed by atoms with van der Waals surface area (Å²) >= 11 is 0. The van der Waals surface area contributed by atoms with Crippen molar-refractivity contribution in [1.29, 1.82) is 5.26 Å². The summed E-state index contributed by atoms with van der Waals surface area (Å²) in [4.78, 5) is 0. The van der Waals surface area contributed by atoms with Crippen LogP contribution in [0.1, 0.15) is 13.8 Å². The predicted octanol–water partition coefficient (Wildman–Crippen LogP) is 1.26. The third kappa shape index (κ3) is 1.47. The highest BCUT2D eigenvalue weighted by molar-refractivity contribution is 4.92. The van der Waals surface area contributed by atoms with Crippen LogP contribution in [0.2, 0.25) is 0 Å². The van der Waals surface area contributed by atoms with E-state index in [2.05, 4.69) is 0 Å². The van der Waals surface area contributed by atoms with Gasteiger partial charge in [0, 0.05) is 5.92 Å². The Bertz CT molecular complexity index is 114. The molecule has 1 radical (unpaired) electrons. The largest absolute Gasteiger partial charge is 0.327 e. The maximum Gasteiger partial charge on any atom is 0.327 e. The van der Waals surface area contributed by atoms with Gasteiger partial charge in [0.2, 0.25) is 0 Å². The van der Waals surface area contributed by atoms with Crippen molar-refractivity contribution in [2.45, 2.75) is 19.7 Å². The van der Waals surface area contributed by atoms with Crippen LogP contribution in [0.15, 0.2) is 0 Å². The van der Waals surface area contributed by atoms with Crippen molar-refractivity contribution in [3.8, 4) is 6.07 Å². The molecule has 0 spiro atoms. The molecule has 1 unspecified atom stereocenters. The van der Waals surface area contributed by atoms with Crippen LogP contribution >= 0.6 is 0 Å². The molecule has 0 amide bonds. The zero-order valence-corrected chi connectivity index (χ0v) is 4.81. The second kappa shape index (κ2) is 2.10. The van der Waals surface area contributed by atoms with E-state index in [1.54, 1.807) is 0 Å². The van der Waals surface area contributed by atoms with Crippen molar-refractivity contribution in [3.05, 3.63) is 0 Å². The van der Waals surface area contributed by atoms with E-state index in [1.807, 2.05) is 0 Å². The monoisotopic (exact) mass is 116 g/mol. The minimum atomic E-state index is -2.90. The Labute approximate surface area is 47.6 Å². The standard InChI is InChI=1S/C5H7FNO/c1-4(2)5(6,8)3-7/h4H,1-2H3. The SMILES string of the molecule is CC(C)C([O])(F)C#N. The van der Waals surface area contributed by atoms with E-state index in [9.17, 15) is 9.50 Å². The molecule has 0 aromatic heterocycles. The smallest absolute Gasteiger partial charge is 0.192 e. The van der Waals surface area contributed by atoms with E-state index >= 15 is 0 Å². The lowest BCUT2D eigenvalue weighted by Crippen LogP contribution is -2.24.